The van der Waals surface area contributed by atoms with Crippen LogP contribution in [0.3, 0.4) is 0 Å². The first-order valence-corrected chi connectivity index (χ1v) is 9.11. The van der Waals surface area contributed by atoms with Crippen LogP contribution in [0.2, 0.25) is 0 Å². The standard InChI is InChI=1S/C15H20N4O3S.ClH/c1-9(15(20)18-12(8-16)10-6-7-10)17-14-11-4-2-3-5-13(11)23(21,22)19-14;/h2-5,9-10,12H,6-8,16H2,1H3,(H,17,19)(H,18,20);1H. The lowest BCUT2D eigenvalue weighted by molar-refractivity contribution is -0.122. The van der Waals surface area contributed by atoms with Crippen LogP contribution >= 0.6 is 12.4 Å². The summed E-state index contributed by atoms with van der Waals surface area (Å²) >= 11 is 0. The highest BCUT2D eigenvalue weighted by Crippen LogP contribution is 2.32. The molecule has 1 saturated carbocycles. The molecule has 9 heteroatoms. The van der Waals surface area contributed by atoms with Crippen molar-refractivity contribution in [3.63, 3.8) is 0 Å². The van der Waals surface area contributed by atoms with Crippen LogP contribution in [0.4, 0.5) is 0 Å². The Hall–Kier alpha value is -1.64. The zero-order valence-electron chi connectivity index (χ0n) is 13.2. The summed E-state index contributed by atoms with van der Waals surface area (Å²) in [5.74, 6) is 0.414. The first kappa shape index (κ1) is 18.7. The van der Waals surface area contributed by atoms with Crippen molar-refractivity contribution < 1.29 is 13.2 Å². The van der Waals surface area contributed by atoms with Crippen molar-refractivity contribution in [2.75, 3.05) is 6.54 Å². The number of nitrogens with zero attached hydrogens (tertiary/aromatic N) is 1. The number of nitrogens with two attached hydrogens (primary N) is 1. The van der Waals surface area contributed by atoms with Crippen molar-refractivity contribution in [2.45, 2.75) is 36.7 Å². The third kappa shape index (κ3) is 3.71. The van der Waals surface area contributed by atoms with Gasteiger partial charge in [-0.25, -0.2) is 8.42 Å². The van der Waals surface area contributed by atoms with Crippen LogP contribution in [0.5, 0.6) is 0 Å². The lowest BCUT2D eigenvalue weighted by Crippen LogP contribution is -2.45. The van der Waals surface area contributed by atoms with E-state index in [2.05, 4.69) is 15.0 Å². The fourth-order valence-electron chi connectivity index (χ4n) is 2.65. The molecule has 0 bridgehead atoms. The van der Waals surface area contributed by atoms with Crippen LogP contribution < -0.4 is 15.8 Å². The van der Waals surface area contributed by atoms with Crippen molar-refractivity contribution in [1.82, 2.24) is 10.0 Å². The summed E-state index contributed by atoms with van der Waals surface area (Å²) in [6.45, 7) is 2.03. The minimum Gasteiger partial charge on any atom is -0.350 e. The normalized spacial score (nSPS) is 22.0. The van der Waals surface area contributed by atoms with E-state index in [0.717, 1.165) is 12.8 Å². The van der Waals surface area contributed by atoms with Crippen LogP contribution in [0, 0.1) is 5.92 Å². The molecule has 2 unspecified atom stereocenters. The van der Waals surface area contributed by atoms with E-state index in [1.807, 2.05) is 0 Å². The number of sulfonamides is 1. The SMILES string of the molecule is CC(N=C1NS(=O)(=O)c2ccccc21)C(=O)NC(CN)C1CC1.Cl. The van der Waals surface area contributed by atoms with Gasteiger partial charge in [0.05, 0.1) is 4.90 Å². The number of amidine groups is 1. The number of aliphatic imine (C=N–C) groups is 1. The van der Waals surface area contributed by atoms with Gasteiger partial charge >= 0.3 is 0 Å². The number of fused-ring (bicyclic) bond motifs is 1. The maximum Gasteiger partial charge on any atom is 0.263 e. The zero-order chi connectivity index (χ0) is 16.6. The second-order valence-corrected chi connectivity index (χ2v) is 7.59. The fourth-order valence-corrected chi connectivity index (χ4v) is 3.89. The van der Waals surface area contributed by atoms with Crippen LogP contribution in [0.15, 0.2) is 34.2 Å². The number of hydrogen-bond acceptors (Lipinski definition) is 5. The van der Waals surface area contributed by atoms with Gasteiger partial charge in [0.25, 0.3) is 10.0 Å². The van der Waals surface area contributed by atoms with Crippen molar-refractivity contribution in [3.05, 3.63) is 29.8 Å². The molecule has 132 valence electrons. The number of carbonyl (C=O) groups excluding carboxylic acids is 1. The highest BCUT2D eigenvalue weighted by atomic mass is 35.5. The predicted molar refractivity (Wildman–Crippen MR) is 93.7 cm³/mol. The Kier molecular flexibility index (Phi) is 5.52. The topological polar surface area (TPSA) is 114 Å². The maximum atomic E-state index is 12.3. The molecule has 1 aromatic rings. The molecule has 0 spiro atoms. The van der Waals surface area contributed by atoms with Crippen LogP contribution in [-0.2, 0) is 14.8 Å². The number of amides is 1. The van der Waals surface area contributed by atoms with Gasteiger partial charge in [0, 0.05) is 18.2 Å². The first-order chi connectivity index (χ1) is 10.9. The number of nitrogens with one attached hydrogen (secondary N) is 2. The van der Waals surface area contributed by atoms with E-state index in [9.17, 15) is 13.2 Å². The molecule has 4 N–H and O–H groups in total. The predicted octanol–water partition coefficient (Wildman–Crippen LogP) is 0.389. The third-order valence-electron chi connectivity index (χ3n) is 4.14. The van der Waals surface area contributed by atoms with Crippen molar-refractivity contribution in [3.8, 4) is 0 Å². The molecule has 7 nitrogen and oxygen atoms in total. The summed E-state index contributed by atoms with van der Waals surface area (Å²) in [5, 5.41) is 2.90. The first-order valence-electron chi connectivity index (χ1n) is 7.63. The van der Waals surface area contributed by atoms with Gasteiger partial charge in [0.1, 0.15) is 11.9 Å². The van der Waals surface area contributed by atoms with Gasteiger partial charge in [-0.15, -0.1) is 12.4 Å². The van der Waals surface area contributed by atoms with E-state index >= 15 is 0 Å². The molecule has 3 rings (SSSR count). The molecule has 2 atom stereocenters. The van der Waals surface area contributed by atoms with E-state index in [-0.39, 0.29) is 35.1 Å². The van der Waals surface area contributed by atoms with Gasteiger partial charge in [-0.05, 0) is 37.8 Å². The summed E-state index contributed by atoms with van der Waals surface area (Å²) in [6.07, 6.45) is 2.16. The van der Waals surface area contributed by atoms with Crippen molar-refractivity contribution >= 4 is 34.2 Å². The number of benzene rings is 1. The van der Waals surface area contributed by atoms with Crippen molar-refractivity contribution in [1.29, 1.82) is 0 Å². The maximum absolute atomic E-state index is 12.3. The van der Waals surface area contributed by atoms with Crippen LogP contribution in [-0.4, -0.2) is 38.8 Å². The van der Waals surface area contributed by atoms with E-state index in [1.54, 1.807) is 25.1 Å². The molecule has 1 fully saturated rings. The fraction of sp³-hybridized carbons (Fsp3) is 0.467. The van der Waals surface area contributed by atoms with Gasteiger partial charge in [-0.2, -0.15) is 0 Å². The summed E-state index contributed by atoms with van der Waals surface area (Å²) in [7, 11) is -3.59. The average molecular weight is 373 g/mol. The van der Waals surface area contributed by atoms with Gasteiger partial charge in [-0.3, -0.25) is 14.5 Å². The molecule has 24 heavy (non-hydrogen) atoms. The van der Waals surface area contributed by atoms with E-state index in [1.165, 1.54) is 6.07 Å². The Morgan fingerprint density at radius 3 is 2.71 bits per heavy atom. The van der Waals surface area contributed by atoms with E-state index in [0.29, 0.717) is 18.0 Å². The second-order valence-electron chi connectivity index (χ2n) is 5.94. The van der Waals surface area contributed by atoms with Gasteiger partial charge in [-0.1, -0.05) is 12.1 Å². The lowest BCUT2D eigenvalue weighted by Gasteiger charge is -2.18. The quantitative estimate of drug-likeness (QED) is 0.693. The minimum atomic E-state index is -3.59. The molecule has 1 aliphatic carbocycles. The largest absolute Gasteiger partial charge is 0.350 e. The van der Waals surface area contributed by atoms with Crippen molar-refractivity contribution in [2.24, 2.45) is 16.6 Å². The molecule has 2 aliphatic rings. The van der Waals surface area contributed by atoms with Gasteiger partial charge in [0.2, 0.25) is 5.91 Å². The smallest absolute Gasteiger partial charge is 0.263 e. The summed E-state index contributed by atoms with van der Waals surface area (Å²) in [5.41, 5.74) is 6.17. The molecule has 0 aromatic heterocycles. The highest BCUT2D eigenvalue weighted by Gasteiger charge is 2.33. The average Bonchev–Trinajstić information content (AvgIpc) is 3.32. The zero-order valence-corrected chi connectivity index (χ0v) is 14.9. The Morgan fingerprint density at radius 1 is 1.42 bits per heavy atom. The Balaban J connectivity index is 0.00000208. The summed E-state index contributed by atoms with van der Waals surface area (Å²) < 4.78 is 26.5. The van der Waals surface area contributed by atoms with E-state index < -0.39 is 16.1 Å². The van der Waals surface area contributed by atoms with Crippen LogP contribution in [0.1, 0.15) is 25.3 Å². The number of halogens is 1. The van der Waals surface area contributed by atoms with Gasteiger partial charge < -0.3 is 11.1 Å². The monoisotopic (exact) mass is 372 g/mol. The van der Waals surface area contributed by atoms with E-state index in [4.69, 9.17) is 5.73 Å². The molecular formula is C15H21ClN4O3S. The number of rotatable bonds is 5. The number of hydrogen-bond donors (Lipinski definition) is 3. The molecule has 1 amide bonds. The Bertz CT molecular complexity index is 762. The van der Waals surface area contributed by atoms with Gasteiger partial charge in [0.15, 0.2) is 0 Å². The van der Waals surface area contributed by atoms with Crippen LogP contribution in [0.25, 0.3) is 0 Å². The third-order valence-corrected chi connectivity index (χ3v) is 5.53. The molecule has 1 heterocycles. The Labute approximate surface area is 147 Å². The molecular weight excluding hydrogens is 352 g/mol. The number of carbonyl (C=O) groups is 1. The molecule has 0 saturated heterocycles. The summed E-state index contributed by atoms with van der Waals surface area (Å²) in [4.78, 5) is 16.7. The Morgan fingerprint density at radius 2 is 2.08 bits per heavy atom. The highest BCUT2D eigenvalue weighted by molar-refractivity contribution is 7.90. The molecule has 0 radical (unpaired) electrons. The lowest BCUT2D eigenvalue weighted by atomic mass is 10.1. The molecule has 1 aromatic carbocycles. The minimum absolute atomic E-state index is 0. The molecule has 1 aliphatic heterocycles. The second kappa shape index (κ2) is 7.08. The summed E-state index contributed by atoms with van der Waals surface area (Å²) in [6, 6.07) is 5.84.